The van der Waals surface area contributed by atoms with Crippen LogP contribution in [0, 0.1) is 13.8 Å². The summed E-state index contributed by atoms with van der Waals surface area (Å²) in [4.78, 5) is 20.4. The lowest BCUT2D eigenvalue weighted by Crippen LogP contribution is -2.45. The number of H-pyrrole nitrogens is 1. The van der Waals surface area contributed by atoms with Crippen molar-refractivity contribution in [1.82, 2.24) is 24.6 Å². The highest BCUT2D eigenvalue weighted by molar-refractivity contribution is 5.94. The molecule has 6 heteroatoms. The van der Waals surface area contributed by atoms with Gasteiger partial charge in [0.2, 0.25) is 0 Å². The molecule has 0 aliphatic heterocycles. The molecule has 28 heavy (non-hydrogen) atoms. The molecule has 3 aromatic rings. The zero-order valence-corrected chi connectivity index (χ0v) is 16.4. The smallest absolute Gasteiger partial charge is 0.274 e. The number of carbonyl (C=O) groups excluding carboxylic acids is 1. The molecule has 0 saturated heterocycles. The molecule has 2 aromatic heterocycles. The van der Waals surface area contributed by atoms with Gasteiger partial charge in [0.1, 0.15) is 11.5 Å². The van der Waals surface area contributed by atoms with E-state index in [1.54, 1.807) is 0 Å². The van der Waals surface area contributed by atoms with Crippen molar-refractivity contribution < 1.29 is 4.79 Å². The first-order chi connectivity index (χ1) is 13.6. The summed E-state index contributed by atoms with van der Waals surface area (Å²) >= 11 is 0. The zero-order chi connectivity index (χ0) is 19.3. The third-order valence-corrected chi connectivity index (χ3v) is 6.04. The number of benzene rings is 1. The predicted octanol–water partition coefficient (Wildman–Crippen LogP) is 3.37. The lowest BCUT2D eigenvalue weighted by molar-refractivity contribution is 0.0636. The number of hydrogen-bond acceptors (Lipinski definition) is 3. The average molecular weight is 375 g/mol. The number of rotatable bonds is 4. The Kier molecular flexibility index (Phi) is 4.07. The molecule has 1 N–H and O–H groups in total. The molecule has 1 amide bonds. The molecule has 5 rings (SSSR count). The highest BCUT2D eigenvalue weighted by atomic mass is 16.2. The molecule has 6 nitrogen and oxygen atoms in total. The van der Waals surface area contributed by atoms with Crippen LogP contribution in [0.1, 0.15) is 52.5 Å². The van der Waals surface area contributed by atoms with Gasteiger partial charge in [-0.3, -0.25) is 9.89 Å². The first-order valence-electron chi connectivity index (χ1n) is 10.1. The lowest BCUT2D eigenvalue weighted by Gasteiger charge is -2.34. The Balaban J connectivity index is 1.48. The summed E-state index contributed by atoms with van der Waals surface area (Å²) in [6.07, 6.45) is 6.95. The van der Waals surface area contributed by atoms with Gasteiger partial charge in [0.15, 0.2) is 0 Å². The molecule has 1 atom stereocenters. The van der Waals surface area contributed by atoms with E-state index in [0.29, 0.717) is 11.7 Å². The molecule has 2 aliphatic carbocycles. The molecule has 2 heterocycles. The van der Waals surface area contributed by atoms with Gasteiger partial charge in [-0.05, 0) is 63.6 Å². The first-order valence-corrected chi connectivity index (χ1v) is 10.1. The van der Waals surface area contributed by atoms with Gasteiger partial charge >= 0.3 is 0 Å². The molecule has 0 bridgehead atoms. The Hall–Kier alpha value is -2.89. The van der Waals surface area contributed by atoms with Crippen molar-refractivity contribution in [3.8, 4) is 5.69 Å². The Morgan fingerprint density at radius 3 is 2.68 bits per heavy atom. The van der Waals surface area contributed by atoms with Crippen molar-refractivity contribution in [2.24, 2.45) is 0 Å². The van der Waals surface area contributed by atoms with Gasteiger partial charge in [-0.1, -0.05) is 18.2 Å². The SMILES string of the molecule is Cc1nc(C(=O)N(C2CC2)C2CCc3n[nH]cc3C2)c(C)n1-c1ccccc1. The molecular formula is C22H25N5O. The fraction of sp³-hybridized carbons (Fsp3) is 0.409. The van der Waals surface area contributed by atoms with Crippen LogP contribution in [0.25, 0.3) is 5.69 Å². The summed E-state index contributed by atoms with van der Waals surface area (Å²) in [5, 5.41) is 7.31. The Labute approximate surface area is 164 Å². The van der Waals surface area contributed by atoms with E-state index < -0.39 is 0 Å². The summed E-state index contributed by atoms with van der Waals surface area (Å²) in [5.74, 6) is 0.929. The summed E-state index contributed by atoms with van der Waals surface area (Å²) < 4.78 is 2.08. The largest absolute Gasteiger partial charge is 0.331 e. The first kappa shape index (κ1) is 17.2. The number of nitrogens with zero attached hydrogens (tertiary/aromatic N) is 4. The van der Waals surface area contributed by atoms with Crippen molar-refractivity contribution in [2.45, 2.75) is 58.0 Å². The molecule has 1 unspecified atom stereocenters. The Bertz CT molecular complexity index is 1010. The van der Waals surface area contributed by atoms with Gasteiger partial charge in [0.25, 0.3) is 5.91 Å². The maximum Gasteiger partial charge on any atom is 0.274 e. The standard InChI is InChI=1S/C22H25N5O/c1-14-21(24-15(2)26(14)17-6-4-3-5-7-17)22(28)27(18-8-9-18)19-10-11-20-16(12-19)13-23-25-20/h3-7,13,18-19H,8-12H2,1-2H3,(H,23,25). The summed E-state index contributed by atoms with van der Waals surface area (Å²) in [6, 6.07) is 10.7. The number of hydrogen-bond donors (Lipinski definition) is 1. The van der Waals surface area contributed by atoms with Crippen molar-refractivity contribution in [3.63, 3.8) is 0 Å². The zero-order valence-electron chi connectivity index (χ0n) is 16.4. The van der Waals surface area contributed by atoms with E-state index in [2.05, 4.69) is 31.8 Å². The van der Waals surface area contributed by atoms with Crippen molar-refractivity contribution in [2.75, 3.05) is 0 Å². The lowest BCUT2D eigenvalue weighted by atomic mass is 9.92. The summed E-state index contributed by atoms with van der Waals surface area (Å²) in [7, 11) is 0. The van der Waals surface area contributed by atoms with Gasteiger partial charge in [-0.2, -0.15) is 5.10 Å². The number of fused-ring (bicyclic) bond motifs is 1. The number of para-hydroxylation sites is 1. The molecule has 1 saturated carbocycles. The van der Waals surface area contributed by atoms with Gasteiger partial charge in [0.05, 0.1) is 11.4 Å². The van der Waals surface area contributed by atoms with Gasteiger partial charge in [0, 0.05) is 24.0 Å². The van der Waals surface area contributed by atoms with Crippen LogP contribution >= 0.6 is 0 Å². The predicted molar refractivity (Wildman–Crippen MR) is 107 cm³/mol. The third-order valence-electron chi connectivity index (χ3n) is 6.04. The minimum Gasteiger partial charge on any atom is -0.331 e. The fourth-order valence-electron chi connectivity index (χ4n) is 4.54. The summed E-state index contributed by atoms with van der Waals surface area (Å²) in [6.45, 7) is 3.97. The highest BCUT2D eigenvalue weighted by Crippen LogP contribution is 2.35. The average Bonchev–Trinajstić information content (AvgIpc) is 3.33. The normalized spacial score (nSPS) is 18.7. The number of carbonyl (C=O) groups is 1. The Morgan fingerprint density at radius 1 is 1.14 bits per heavy atom. The molecule has 1 aromatic carbocycles. The number of nitrogens with one attached hydrogen (secondary N) is 1. The van der Waals surface area contributed by atoms with Crippen molar-refractivity contribution in [1.29, 1.82) is 0 Å². The highest BCUT2D eigenvalue weighted by Gasteiger charge is 2.40. The second-order valence-electron chi connectivity index (χ2n) is 7.96. The molecule has 144 valence electrons. The van der Waals surface area contributed by atoms with Gasteiger partial charge in [-0.15, -0.1) is 0 Å². The maximum absolute atomic E-state index is 13.6. The third kappa shape index (κ3) is 2.84. The second kappa shape index (κ2) is 6.62. The Morgan fingerprint density at radius 2 is 1.93 bits per heavy atom. The van der Waals surface area contributed by atoms with Crippen molar-refractivity contribution >= 4 is 5.91 Å². The minimum absolute atomic E-state index is 0.0785. The maximum atomic E-state index is 13.6. The van der Waals surface area contributed by atoms with Crippen LogP contribution in [0.4, 0.5) is 0 Å². The van der Waals surface area contributed by atoms with Gasteiger partial charge in [-0.25, -0.2) is 4.98 Å². The van der Waals surface area contributed by atoms with E-state index in [9.17, 15) is 4.79 Å². The monoisotopic (exact) mass is 375 g/mol. The van der Waals surface area contributed by atoms with E-state index in [-0.39, 0.29) is 11.9 Å². The van der Waals surface area contributed by atoms with Gasteiger partial charge < -0.3 is 9.47 Å². The molecule has 2 aliphatic rings. The van der Waals surface area contributed by atoms with Crippen LogP contribution in [0.15, 0.2) is 36.5 Å². The van der Waals surface area contributed by atoms with Crippen LogP contribution in [-0.2, 0) is 12.8 Å². The quantitative estimate of drug-likeness (QED) is 0.760. The van der Waals surface area contributed by atoms with E-state index in [4.69, 9.17) is 4.98 Å². The fourth-order valence-corrected chi connectivity index (χ4v) is 4.54. The van der Waals surface area contributed by atoms with E-state index in [0.717, 1.165) is 55.0 Å². The number of aromatic amines is 1. The topological polar surface area (TPSA) is 66.8 Å². The molecular weight excluding hydrogens is 350 g/mol. The number of imidazole rings is 1. The second-order valence-corrected chi connectivity index (χ2v) is 7.96. The van der Waals surface area contributed by atoms with Crippen LogP contribution in [0.5, 0.6) is 0 Å². The van der Waals surface area contributed by atoms with Crippen LogP contribution in [-0.4, -0.2) is 42.6 Å². The number of amides is 1. The molecule has 1 fully saturated rings. The number of aromatic nitrogens is 4. The molecule has 0 spiro atoms. The van der Waals surface area contributed by atoms with E-state index in [1.165, 1.54) is 5.56 Å². The van der Waals surface area contributed by atoms with Crippen LogP contribution < -0.4 is 0 Å². The summed E-state index contributed by atoms with van der Waals surface area (Å²) in [5.41, 5.74) is 4.95. The van der Waals surface area contributed by atoms with E-state index in [1.807, 2.05) is 38.2 Å². The van der Waals surface area contributed by atoms with Crippen molar-refractivity contribution in [3.05, 3.63) is 65.0 Å². The molecule has 0 radical (unpaired) electrons. The van der Waals surface area contributed by atoms with Crippen LogP contribution in [0.3, 0.4) is 0 Å². The minimum atomic E-state index is 0.0785. The van der Waals surface area contributed by atoms with Crippen LogP contribution in [0.2, 0.25) is 0 Å². The number of aryl methyl sites for hydroxylation is 2. The van der Waals surface area contributed by atoms with E-state index >= 15 is 0 Å².